The van der Waals surface area contributed by atoms with Crippen LogP contribution in [0.4, 0.5) is 0 Å². The van der Waals surface area contributed by atoms with E-state index < -0.39 is 0 Å². The molecule has 0 bridgehead atoms. The summed E-state index contributed by atoms with van der Waals surface area (Å²) in [6.45, 7) is 6.38. The molecule has 0 saturated carbocycles. The van der Waals surface area contributed by atoms with Crippen molar-refractivity contribution >= 4 is 0 Å². The second-order valence-electron chi connectivity index (χ2n) is 6.73. The third-order valence-corrected chi connectivity index (χ3v) is 4.43. The molecular weight excluding hydrogens is 306 g/mol. The smallest absolute Gasteiger partial charge is 0.0237 e. The molecule has 0 unspecified atom stereocenters. The first-order valence-corrected chi connectivity index (χ1v) is 9.32. The highest BCUT2D eigenvalue weighted by molar-refractivity contribution is 5.17. The summed E-state index contributed by atoms with van der Waals surface area (Å²) in [6, 6.07) is 21.6. The van der Waals surface area contributed by atoms with Crippen molar-refractivity contribution in [1.29, 1.82) is 0 Å². The van der Waals surface area contributed by atoms with Crippen LogP contribution in [0.3, 0.4) is 0 Å². The van der Waals surface area contributed by atoms with Crippen molar-refractivity contribution in [3.8, 4) is 0 Å². The summed E-state index contributed by atoms with van der Waals surface area (Å²) in [5, 5.41) is 4.17. The van der Waals surface area contributed by atoms with Gasteiger partial charge in [-0.15, -0.1) is 0 Å². The maximum Gasteiger partial charge on any atom is 0.0237 e. The van der Waals surface area contributed by atoms with Gasteiger partial charge in [0.2, 0.25) is 0 Å². The Hall–Kier alpha value is -1.68. The monoisotopic (exact) mass is 338 g/mol. The van der Waals surface area contributed by atoms with E-state index in [-0.39, 0.29) is 0 Å². The van der Waals surface area contributed by atoms with Crippen molar-refractivity contribution in [2.24, 2.45) is 0 Å². The Bertz CT molecular complexity index is 514. The van der Waals surface area contributed by atoms with Gasteiger partial charge in [-0.2, -0.15) is 0 Å². The molecule has 1 radical (unpaired) electrons. The summed E-state index contributed by atoms with van der Waals surface area (Å²) < 4.78 is 0. The minimum atomic E-state index is 0.971. The quantitative estimate of drug-likeness (QED) is 0.551. The minimum absolute atomic E-state index is 0.971. The number of hydrogen-bond donors (Lipinski definition) is 0. The van der Waals surface area contributed by atoms with Gasteiger partial charge in [0.05, 0.1) is 0 Å². The molecule has 2 aromatic rings. The lowest BCUT2D eigenvalue weighted by Gasteiger charge is -2.24. The lowest BCUT2D eigenvalue weighted by atomic mass is 10.1. The summed E-state index contributed by atoms with van der Waals surface area (Å²) in [5.74, 6) is 0. The SMILES string of the molecule is C[N]CCCN(C)CCCN(Cc1ccccc1)Cc1ccccc1. The summed E-state index contributed by atoms with van der Waals surface area (Å²) in [7, 11) is 4.11. The highest BCUT2D eigenvalue weighted by Crippen LogP contribution is 2.10. The Labute approximate surface area is 153 Å². The lowest BCUT2D eigenvalue weighted by Crippen LogP contribution is -2.29. The van der Waals surface area contributed by atoms with Gasteiger partial charge < -0.3 is 4.90 Å². The molecule has 3 nitrogen and oxygen atoms in total. The molecule has 0 fully saturated rings. The summed E-state index contributed by atoms with van der Waals surface area (Å²) in [5.41, 5.74) is 2.77. The standard InChI is InChI=1S/C22H32N3/c1-23-15-9-16-24(2)17-10-18-25(19-21-11-5-3-6-12-21)20-22-13-7-4-8-14-22/h3-8,11-14H,9-10,15-20H2,1-2H3. The Balaban J connectivity index is 1.83. The van der Waals surface area contributed by atoms with E-state index >= 15 is 0 Å². The third-order valence-electron chi connectivity index (χ3n) is 4.43. The van der Waals surface area contributed by atoms with E-state index in [2.05, 4.69) is 82.8 Å². The molecule has 0 N–H and O–H groups in total. The number of nitrogens with zero attached hydrogens (tertiary/aromatic N) is 3. The second-order valence-corrected chi connectivity index (χ2v) is 6.73. The molecule has 135 valence electrons. The maximum atomic E-state index is 4.17. The Morgan fingerprint density at radius 2 is 1.24 bits per heavy atom. The zero-order chi connectivity index (χ0) is 17.7. The summed E-state index contributed by atoms with van der Waals surface area (Å²) in [6.07, 6.45) is 2.35. The van der Waals surface area contributed by atoms with Crippen molar-refractivity contribution in [3.05, 3.63) is 71.8 Å². The normalized spacial score (nSPS) is 11.4. The van der Waals surface area contributed by atoms with E-state index in [1.54, 1.807) is 0 Å². The van der Waals surface area contributed by atoms with E-state index in [0.717, 1.165) is 45.7 Å². The van der Waals surface area contributed by atoms with Crippen molar-refractivity contribution in [1.82, 2.24) is 15.1 Å². The first kappa shape index (κ1) is 19.6. The highest BCUT2D eigenvalue weighted by Gasteiger charge is 2.08. The zero-order valence-corrected chi connectivity index (χ0v) is 15.8. The lowest BCUT2D eigenvalue weighted by molar-refractivity contribution is 0.230. The number of benzene rings is 2. The predicted octanol–water partition coefficient (Wildman–Crippen LogP) is 3.64. The van der Waals surface area contributed by atoms with Crippen LogP contribution in [0.25, 0.3) is 0 Å². The highest BCUT2D eigenvalue weighted by atomic mass is 15.1. The molecule has 2 rings (SSSR count). The fraction of sp³-hybridized carbons (Fsp3) is 0.455. The van der Waals surface area contributed by atoms with Crippen LogP contribution >= 0.6 is 0 Å². The van der Waals surface area contributed by atoms with E-state index in [1.807, 2.05) is 7.05 Å². The largest absolute Gasteiger partial charge is 0.306 e. The first-order chi connectivity index (χ1) is 12.3. The molecule has 0 spiro atoms. The maximum absolute atomic E-state index is 4.17. The van der Waals surface area contributed by atoms with Gasteiger partial charge in [0, 0.05) is 33.2 Å². The number of rotatable bonds is 12. The molecular formula is C22H32N3. The van der Waals surface area contributed by atoms with E-state index in [0.29, 0.717) is 0 Å². The van der Waals surface area contributed by atoms with Crippen LogP contribution in [0.5, 0.6) is 0 Å². The van der Waals surface area contributed by atoms with Crippen molar-refractivity contribution in [2.45, 2.75) is 25.9 Å². The van der Waals surface area contributed by atoms with Gasteiger partial charge in [-0.05, 0) is 44.1 Å². The van der Waals surface area contributed by atoms with Crippen LogP contribution in [0, 0.1) is 0 Å². The van der Waals surface area contributed by atoms with E-state index in [4.69, 9.17) is 0 Å². The fourth-order valence-corrected chi connectivity index (χ4v) is 3.07. The molecule has 0 aliphatic carbocycles. The van der Waals surface area contributed by atoms with Crippen LogP contribution in [-0.2, 0) is 13.1 Å². The van der Waals surface area contributed by atoms with Crippen LogP contribution in [0.1, 0.15) is 24.0 Å². The first-order valence-electron chi connectivity index (χ1n) is 9.32. The average Bonchev–Trinajstić information content (AvgIpc) is 2.63. The van der Waals surface area contributed by atoms with Crippen LogP contribution in [-0.4, -0.2) is 50.1 Å². The Kier molecular flexibility index (Phi) is 9.27. The van der Waals surface area contributed by atoms with Crippen molar-refractivity contribution in [3.63, 3.8) is 0 Å². The molecule has 0 heterocycles. The van der Waals surface area contributed by atoms with Crippen molar-refractivity contribution in [2.75, 3.05) is 40.3 Å². The molecule has 0 amide bonds. The topological polar surface area (TPSA) is 20.6 Å². The van der Waals surface area contributed by atoms with Crippen LogP contribution in [0.2, 0.25) is 0 Å². The molecule has 2 aromatic carbocycles. The summed E-state index contributed by atoms with van der Waals surface area (Å²) >= 11 is 0. The second kappa shape index (κ2) is 11.8. The predicted molar refractivity (Wildman–Crippen MR) is 107 cm³/mol. The molecule has 25 heavy (non-hydrogen) atoms. The van der Waals surface area contributed by atoms with Gasteiger partial charge in [-0.1, -0.05) is 60.7 Å². The van der Waals surface area contributed by atoms with Crippen molar-refractivity contribution < 1.29 is 0 Å². The zero-order valence-electron chi connectivity index (χ0n) is 15.8. The molecule has 0 aliphatic rings. The van der Waals surface area contributed by atoms with Gasteiger partial charge in [-0.3, -0.25) is 4.90 Å². The average molecular weight is 339 g/mol. The van der Waals surface area contributed by atoms with Gasteiger partial charge >= 0.3 is 0 Å². The third kappa shape index (κ3) is 8.30. The van der Waals surface area contributed by atoms with Gasteiger partial charge in [0.25, 0.3) is 0 Å². The molecule has 0 aromatic heterocycles. The Morgan fingerprint density at radius 1 is 0.720 bits per heavy atom. The Morgan fingerprint density at radius 3 is 1.76 bits per heavy atom. The van der Waals surface area contributed by atoms with Gasteiger partial charge in [0.15, 0.2) is 0 Å². The number of hydrogen-bond acceptors (Lipinski definition) is 2. The molecule has 0 atom stereocenters. The van der Waals surface area contributed by atoms with Crippen LogP contribution < -0.4 is 5.32 Å². The van der Waals surface area contributed by atoms with Gasteiger partial charge in [0.1, 0.15) is 0 Å². The molecule has 0 saturated heterocycles. The minimum Gasteiger partial charge on any atom is -0.306 e. The van der Waals surface area contributed by atoms with E-state index in [9.17, 15) is 0 Å². The van der Waals surface area contributed by atoms with Gasteiger partial charge in [-0.25, -0.2) is 5.32 Å². The molecule has 0 aliphatic heterocycles. The molecule has 3 heteroatoms. The summed E-state index contributed by atoms with van der Waals surface area (Å²) in [4.78, 5) is 4.98. The van der Waals surface area contributed by atoms with E-state index in [1.165, 1.54) is 17.5 Å². The van der Waals surface area contributed by atoms with Crippen LogP contribution in [0.15, 0.2) is 60.7 Å². The fourth-order valence-electron chi connectivity index (χ4n) is 3.07.